The first-order chi connectivity index (χ1) is 7.50. The Bertz CT molecular complexity index is 354. The maximum absolute atomic E-state index is 13.3. The molecule has 0 N–H and O–H groups in total. The second-order valence-corrected chi connectivity index (χ2v) is 5.59. The van der Waals surface area contributed by atoms with Crippen LogP contribution in [0.25, 0.3) is 0 Å². The van der Waals surface area contributed by atoms with E-state index in [1.165, 1.54) is 0 Å². The molecular weight excluding hydrogens is 290 g/mol. The highest BCUT2D eigenvalue weighted by Crippen LogP contribution is 2.31. The van der Waals surface area contributed by atoms with Gasteiger partial charge in [0, 0.05) is 5.33 Å². The van der Waals surface area contributed by atoms with Gasteiger partial charge < -0.3 is 0 Å². The van der Waals surface area contributed by atoms with E-state index in [-0.39, 0.29) is 16.3 Å². The second kappa shape index (κ2) is 6.02. The van der Waals surface area contributed by atoms with Gasteiger partial charge in [0.1, 0.15) is 5.82 Å². The van der Waals surface area contributed by atoms with Crippen molar-refractivity contribution in [2.75, 3.05) is 5.33 Å². The van der Waals surface area contributed by atoms with Gasteiger partial charge in [-0.1, -0.05) is 53.9 Å². The molecule has 0 heterocycles. The summed E-state index contributed by atoms with van der Waals surface area (Å²) < 4.78 is 13.3. The van der Waals surface area contributed by atoms with Crippen molar-refractivity contribution in [2.45, 2.75) is 33.1 Å². The fraction of sp³-hybridized carbons (Fsp3) is 0.538. The van der Waals surface area contributed by atoms with E-state index >= 15 is 0 Å². The number of alkyl halides is 1. The first-order valence-corrected chi connectivity index (χ1v) is 7.00. The van der Waals surface area contributed by atoms with Crippen LogP contribution in [0.15, 0.2) is 18.2 Å². The molecule has 3 heteroatoms. The molecule has 0 aromatic heterocycles. The zero-order valence-electron chi connectivity index (χ0n) is 9.69. The SMILES string of the molecule is CCCC(C)(CBr)Cc1ccc(Cl)c(F)c1. The van der Waals surface area contributed by atoms with Crippen LogP contribution in [0, 0.1) is 11.2 Å². The fourth-order valence-corrected chi connectivity index (χ4v) is 2.54. The number of rotatable bonds is 5. The monoisotopic (exact) mass is 306 g/mol. The summed E-state index contributed by atoms with van der Waals surface area (Å²) in [4.78, 5) is 0. The fourth-order valence-electron chi connectivity index (χ4n) is 1.95. The topological polar surface area (TPSA) is 0 Å². The molecule has 1 aromatic carbocycles. The number of hydrogen-bond acceptors (Lipinski definition) is 0. The lowest BCUT2D eigenvalue weighted by Gasteiger charge is -2.27. The summed E-state index contributed by atoms with van der Waals surface area (Å²) in [6, 6.07) is 5.08. The van der Waals surface area contributed by atoms with Crippen molar-refractivity contribution in [3.8, 4) is 0 Å². The highest BCUT2D eigenvalue weighted by Gasteiger charge is 2.22. The van der Waals surface area contributed by atoms with Crippen LogP contribution in [0.1, 0.15) is 32.3 Å². The van der Waals surface area contributed by atoms with Crippen LogP contribution >= 0.6 is 27.5 Å². The van der Waals surface area contributed by atoms with Crippen molar-refractivity contribution < 1.29 is 4.39 Å². The molecule has 1 unspecified atom stereocenters. The average Bonchev–Trinajstić information content (AvgIpc) is 2.24. The predicted octanol–water partition coefficient (Wildman–Crippen LogP) is 5.22. The number of halogens is 3. The normalized spacial score (nSPS) is 14.8. The van der Waals surface area contributed by atoms with Gasteiger partial charge in [-0.25, -0.2) is 4.39 Å². The van der Waals surface area contributed by atoms with Crippen LogP contribution in [0.2, 0.25) is 5.02 Å². The molecule has 0 spiro atoms. The largest absolute Gasteiger partial charge is 0.205 e. The molecule has 16 heavy (non-hydrogen) atoms. The Kier molecular flexibility index (Phi) is 5.26. The Morgan fingerprint density at radius 2 is 2.12 bits per heavy atom. The zero-order valence-corrected chi connectivity index (χ0v) is 12.0. The molecule has 1 atom stereocenters. The summed E-state index contributed by atoms with van der Waals surface area (Å²) in [6.07, 6.45) is 3.14. The van der Waals surface area contributed by atoms with E-state index in [1.54, 1.807) is 12.1 Å². The Hall–Kier alpha value is -0.0800. The highest BCUT2D eigenvalue weighted by molar-refractivity contribution is 9.09. The maximum atomic E-state index is 13.3. The summed E-state index contributed by atoms with van der Waals surface area (Å²) >= 11 is 9.21. The van der Waals surface area contributed by atoms with Crippen LogP contribution in [0.4, 0.5) is 4.39 Å². The molecule has 0 fully saturated rings. The molecule has 0 bridgehead atoms. The average molecular weight is 308 g/mol. The predicted molar refractivity (Wildman–Crippen MR) is 71.9 cm³/mol. The molecular formula is C13H17BrClF. The number of benzene rings is 1. The minimum atomic E-state index is -0.326. The summed E-state index contributed by atoms with van der Waals surface area (Å²) in [6.45, 7) is 4.39. The van der Waals surface area contributed by atoms with Crippen LogP contribution in [-0.2, 0) is 6.42 Å². The van der Waals surface area contributed by atoms with Gasteiger partial charge in [0.2, 0.25) is 0 Å². The van der Waals surface area contributed by atoms with Gasteiger partial charge >= 0.3 is 0 Å². The second-order valence-electron chi connectivity index (χ2n) is 4.62. The third-order valence-corrected chi connectivity index (χ3v) is 4.45. The third kappa shape index (κ3) is 3.74. The van der Waals surface area contributed by atoms with Crippen molar-refractivity contribution in [3.63, 3.8) is 0 Å². The van der Waals surface area contributed by atoms with Crippen molar-refractivity contribution in [2.24, 2.45) is 5.41 Å². The van der Waals surface area contributed by atoms with Crippen molar-refractivity contribution >= 4 is 27.5 Å². The molecule has 0 saturated carbocycles. The van der Waals surface area contributed by atoms with E-state index in [0.29, 0.717) is 0 Å². The van der Waals surface area contributed by atoms with Gasteiger partial charge in [-0.2, -0.15) is 0 Å². The Balaban J connectivity index is 2.81. The lowest BCUT2D eigenvalue weighted by Crippen LogP contribution is -2.21. The van der Waals surface area contributed by atoms with Crippen LogP contribution in [0.5, 0.6) is 0 Å². The molecule has 1 rings (SSSR count). The van der Waals surface area contributed by atoms with Crippen molar-refractivity contribution in [1.82, 2.24) is 0 Å². The molecule has 1 aromatic rings. The van der Waals surface area contributed by atoms with E-state index in [9.17, 15) is 4.39 Å². The van der Waals surface area contributed by atoms with E-state index in [4.69, 9.17) is 11.6 Å². The van der Waals surface area contributed by atoms with Crippen LogP contribution < -0.4 is 0 Å². The molecule has 0 saturated heterocycles. The standard InChI is InChI=1S/C13H17BrClF/c1-3-6-13(2,9-14)8-10-4-5-11(15)12(16)7-10/h4-5,7H,3,6,8-9H2,1-2H3. The van der Waals surface area contributed by atoms with Crippen molar-refractivity contribution in [3.05, 3.63) is 34.6 Å². The molecule has 0 nitrogen and oxygen atoms in total. The van der Waals surface area contributed by atoms with E-state index < -0.39 is 0 Å². The minimum Gasteiger partial charge on any atom is -0.205 e. The summed E-state index contributed by atoms with van der Waals surface area (Å²) in [5.41, 5.74) is 1.20. The Morgan fingerprint density at radius 1 is 1.44 bits per heavy atom. The Labute approximate surface area is 110 Å². The lowest BCUT2D eigenvalue weighted by molar-refractivity contribution is 0.340. The molecule has 0 aliphatic carbocycles. The summed E-state index contributed by atoms with van der Waals surface area (Å²) in [7, 11) is 0. The van der Waals surface area contributed by atoms with E-state index in [2.05, 4.69) is 29.8 Å². The summed E-state index contributed by atoms with van der Waals surface area (Å²) in [5, 5.41) is 1.12. The third-order valence-electron chi connectivity index (χ3n) is 2.79. The van der Waals surface area contributed by atoms with E-state index in [0.717, 1.165) is 30.2 Å². The van der Waals surface area contributed by atoms with Gasteiger partial charge in [0.15, 0.2) is 0 Å². The maximum Gasteiger partial charge on any atom is 0.142 e. The van der Waals surface area contributed by atoms with Gasteiger partial charge in [-0.05, 0) is 36.0 Å². The molecule has 0 radical (unpaired) electrons. The van der Waals surface area contributed by atoms with E-state index in [1.807, 2.05) is 6.07 Å². The van der Waals surface area contributed by atoms with Crippen molar-refractivity contribution in [1.29, 1.82) is 0 Å². The highest BCUT2D eigenvalue weighted by atomic mass is 79.9. The first kappa shape index (κ1) is 14.0. The van der Waals surface area contributed by atoms with Gasteiger partial charge in [0.25, 0.3) is 0 Å². The molecule has 0 amide bonds. The van der Waals surface area contributed by atoms with Gasteiger partial charge in [0.05, 0.1) is 5.02 Å². The quantitative estimate of drug-likeness (QED) is 0.654. The van der Waals surface area contributed by atoms with Gasteiger partial charge in [-0.15, -0.1) is 0 Å². The van der Waals surface area contributed by atoms with Crippen LogP contribution in [-0.4, -0.2) is 5.33 Å². The van der Waals surface area contributed by atoms with Crippen LogP contribution in [0.3, 0.4) is 0 Å². The molecule has 0 aliphatic heterocycles. The van der Waals surface area contributed by atoms with Gasteiger partial charge in [-0.3, -0.25) is 0 Å². The summed E-state index contributed by atoms with van der Waals surface area (Å²) in [5.74, 6) is -0.326. The Morgan fingerprint density at radius 3 is 2.62 bits per heavy atom. The molecule has 90 valence electrons. The first-order valence-electron chi connectivity index (χ1n) is 5.50. The lowest BCUT2D eigenvalue weighted by atomic mass is 9.82. The smallest absolute Gasteiger partial charge is 0.142 e. The molecule has 0 aliphatic rings. The minimum absolute atomic E-state index is 0.190. The zero-order chi connectivity index (χ0) is 12.2. The number of hydrogen-bond donors (Lipinski definition) is 0.